The van der Waals surface area contributed by atoms with E-state index in [1.807, 2.05) is 30.3 Å². The molecule has 2 aromatic carbocycles. The van der Waals surface area contributed by atoms with Crippen molar-refractivity contribution < 1.29 is 14.6 Å². The Balaban J connectivity index is 1.98. The fraction of sp³-hybridized carbons (Fsp3) is 0.174. The molecule has 9 heteroatoms. The van der Waals surface area contributed by atoms with Crippen molar-refractivity contribution in [2.75, 3.05) is 6.61 Å². The van der Waals surface area contributed by atoms with E-state index in [4.69, 9.17) is 27.9 Å². The van der Waals surface area contributed by atoms with Crippen molar-refractivity contribution in [3.63, 3.8) is 0 Å². The highest BCUT2D eigenvalue weighted by molar-refractivity contribution is 7.07. The third kappa shape index (κ3) is 3.99. The first-order chi connectivity index (χ1) is 15.3. The average Bonchev–Trinajstić information content (AvgIpc) is 3.06. The summed E-state index contributed by atoms with van der Waals surface area (Å²) >= 11 is 13.2. The van der Waals surface area contributed by atoms with E-state index in [1.165, 1.54) is 22.8 Å². The third-order valence-electron chi connectivity index (χ3n) is 4.98. The number of nitrogens with zero attached hydrogens (tertiary/aromatic N) is 2. The molecule has 0 aliphatic carbocycles. The van der Waals surface area contributed by atoms with Gasteiger partial charge in [0.05, 0.1) is 33.5 Å². The molecule has 4 rings (SSSR count). The zero-order valence-corrected chi connectivity index (χ0v) is 19.5. The van der Waals surface area contributed by atoms with Crippen LogP contribution in [-0.4, -0.2) is 22.2 Å². The van der Waals surface area contributed by atoms with Crippen molar-refractivity contribution in [1.82, 2.24) is 4.57 Å². The van der Waals surface area contributed by atoms with Crippen LogP contribution in [-0.2, 0) is 9.53 Å². The summed E-state index contributed by atoms with van der Waals surface area (Å²) in [5.74, 6) is -0.693. The molecule has 0 spiro atoms. The van der Waals surface area contributed by atoms with Gasteiger partial charge in [-0.1, -0.05) is 64.9 Å². The Morgan fingerprint density at radius 1 is 1.28 bits per heavy atom. The van der Waals surface area contributed by atoms with Crippen LogP contribution in [0.2, 0.25) is 10.0 Å². The van der Waals surface area contributed by atoms with Crippen LogP contribution in [0.15, 0.2) is 63.5 Å². The lowest BCUT2D eigenvalue weighted by atomic mass is 9.96. The molecule has 1 aliphatic rings. The Bertz CT molecular complexity index is 1420. The number of aromatic hydroxyl groups is 1. The van der Waals surface area contributed by atoms with Crippen LogP contribution in [0.3, 0.4) is 0 Å². The van der Waals surface area contributed by atoms with Crippen LogP contribution < -0.4 is 14.9 Å². The molecule has 0 unspecified atom stereocenters. The van der Waals surface area contributed by atoms with E-state index < -0.39 is 12.0 Å². The predicted molar refractivity (Wildman–Crippen MR) is 125 cm³/mol. The Kier molecular flexibility index (Phi) is 6.24. The summed E-state index contributed by atoms with van der Waals surface area (Å²) in [6.07, 6.45) is 1.52. The Morgan fingerprint density at radius 3 is 2.69 bits per heavy atom. The number of carbonyl (C=O) groups is 1. The topological polar surface area (TPSA) is 80.9 Å². The fourth-order valence-corrected chi connectivity index (χ4v) is 5.13. The van der Waals surface area contributed by atoms with Gasteiger partial charge >= 0.3 is 5.97 Å². The average molecular weight is 489 g/mol. The second-order valence-electron chi connectivity index (χ2n) is 7.04. The third-order valence-corrected chi connectivity index (χ3v) is 6.47. The van der Waals surface area contributed by atoms with Crippen molar-refractivity contribution in [1.29, 1.82) is 0 Å². The van der Waals surface area contributed by atoms with E-state index in [0.717, 1.165) is 16.9 Å². The van der Waals surface area contributed by atoms with Crippen LogP contribution in [0.5, 0.6) is 5.75 Å². The summed E-state index contributed by atoms with van der Waals surface area (Å²) in [6, 6.07) is 11.5. The smallest absolute Gasteiger partial charge is 0.338 e. The highest BCUT2D eigenvalue weighted by Gasteiger charge is 2.33. The molecule has 2 heterocycles. The monoisotopic (exact) mass is 488 g/mol. The molecule has 0 radical (unpaired) electrons. The van der Waals surface area contributed by atoms with Crippen LogP contribution in [0.25, 0.3) is 6.08 Å². The van der Waals surface area contributed by atoms with Gasteiger partial charge in [0.2, 0.25) is 0 Å². The first kappa shape index (κ1) is 22.3. The van der Waals surface area contributed by atoms with Crippen LogP contribution >= 0.6 is 34.5 Å². The van der Waals surface area contributed by atoms with Crippen molar-refractivity contribution in [2.24, 2.45) is 4.99 Å². The number of phenolic OH excluding ortho intramolecular Hbond substituents is 1. The van der Waals surface area contributed by atoms with Gasteiger partial charge in [0.1, 0.15) is 5.75 Å². The fourth-order valence-electron chi connectivity index (χ4n) is 3.58. The maximum Gasteiger partial charge on any atom is 0.338 e. The number of hydrogen-bond acceptors (Lipinski definition) is 6. The minimum Gasteiger partial charge on any atom is -0.506 e. The number of benzene rings is 2. The number of thiazole rings is 1. The van der Waals surface area contributed by atoms with Gasteiger partial charge in [0, 0.05) is 10.6 Å². The number of aromatic nitrogens is 1. The summed E-state index contributed by atoms with van der Waals surface area (Å²) < 4.78 is 7.06. The zero-order chi connectivity index (χ0) is 23.0. The Morgan fingerprint density at radius 2 is 2.00 bits per heavy atom. The van der Waals surface area contributed by atoms with Gasteiger partial charge in [-0.3, -0.25) is 9.36 Å². The molecule has 0 saturated carbocycles. The molecule has 6 nitrogen and oxygen atoms in total. The van der Waals surface area contributed by atoms with E-state index in [0.29, 0.717) is 31.2 Å². The summed E-state index contributed by atoms with van der Waals surface area (Å²) in [5.41, 5.74) is 1.51. The van der Waals surface area contributed by atoms with Gasteiger partial charge in [-0.15, -0.1) is 0 Å². The maximum atomic E-state index is 13.5. The lowest BCUT2D eigenvalue weighted by Crippen LogP contribution is -2.39. The van der Waals surface area contributed by atoms with Crippen LogP contribution in [0.4, 0.5) is 0 Å². The lowest BCUT2D eigenvalue weighted by Gasteiger charge is -2.24. The van der Waals surface area contributed by atoms with Crippen molar-refractivity contribution in [3.05, 3.63) is 94.6 Å². The van der Waals surface area contributed by atoms with Crippen molar-refractivity contribution in [3.8, 4) is 5.75 Å². The molecule has 1 aliphatic heterocycles. The van der Waals surface area contributed by atoms with Crippen molar-refractivity contribution >= 4 is 46.6 Å². The second-order valence-corrected chi connectivity index (χ2v) is 8.89. The van der Waals surface area contributed by atoms with E-state index in [-0.39, 0.29) is 22.9 Å². The Labute approximate surface area is 197 Å². The molecule has 1 atom stereocenters. The molecule has 32 heavy (non-hydrogen) atoms. The number of esters is 1. The van der Waals surface area contributed by atoms with Gasteiger partial charge in [0.25, 0.3) is 5.56 Å². The lowest BCUT2D eigenvalue weighted by molar-refractivity contribution is -0.139. The minimum absolute atomic E-state index is 0.0825. The van der Waals surface area contributed by atoms with Crippen LogP contribution in [0.1, 0.15) is 31.0 Å². The number of halogens is 2. The first-order valence-electron chi connectivity index (χ1n) is 9.74. The van der Waals surface area contributed by atoms with Crippen LogP contribution in [0, 0.1) is 0 Å². The number of ether oxygens (including phenoxy) is 1. The minimum atomic E-state index is -0.690. The van der Waals surface area contributed by atoms with E-state index >= 15 is 0 Å². The molecule has 0 saturated heterocycles. The van der Waals surface area contributed by atoms with Gasteiger partial charge in [0.15, 0.2) is 4.80 Å². The summed E-state index contributed by atoms with van der Waals surface area (Å²) in [4.78, 5) is 31.2. The standard InChI is InChI=1S/C23H18Cl2N2O4S/c1-3-31-22(30)18-12(2)26-23-27(19(18)13-7-5-4-6-8-13)21(29)17(32-23)10-14-9-15(24)11-16(25)20(14)28/h4-11,19,28H,3H2,1-2H3/b17-10-/t19-/m1/s1. The molecule has 1 aromatic heterocycles. The molecule has 0 amide bonds. The number of carbonyl (C=O) groups excluding carboxylic acids is 1. The number of rotatable bonds is 4. The molecular formula is C23H18Cl2N2O4S. The molecular weight excluding hydrogens is 471 g/mol. The van der Waals surface area contributed by atoms with Gasteiger partial charge in [-0.2, -0.15) is 0 Å². The SMILES string of the molecule is CCOC(=O)C1=C(C)N=c2s/c(=C\c3cc(Cl)cc(Cl)c3O)c(=O)n2[C@@H]1c1ccccc1. The van der Waals surface area contributed by atoms with E-state index in [1.54, 1.807) is 13.8 Å². The molecule has 164 valence electrons. The maximum absolute atomic E-state index is 13.5. The van der Waals surface area contributed by atoms with Crippen molar-refractivity contribution in [2.45, 2.75) is 19.9 Å². The zero-order valence-electron chi connectivity index (χ0n) is 17.1. The van der Waals surface area contributed by atoms with Gasteiger partial charge in [-0.05, 0) is 37.6 Å². The predicted octanol–water partition coefficient (Wildman–Crippen LogP) is 3.81. The molecule has 3 aromatic rings. The molecule has 0 bridgehead atoms. The first-order valence-corrected chi connectivity index (χ1v) is 11.3. The highest BCUT2D eigenvalue weighted by atomic mass is 35.5. The second kappa shape index (κ2) is 8.94. The normalized spacial score (nSPS) is 16.0. The Hall–Kier alpha value is -2.87. The molecule has 0 fully saturated rings. The van der Waals surface area contributed by atoms with E-state index in [2.05, 4.69) is 4.99 Å². The number of allylic oxidation sites excluding steroid dienone is 1. The highest BCUT2D eigenvalue weighted by Crippen LogP contribution is 2.32. The van der Waals surface area contributed by atoms with Gasteiger partial charge in [-0.25, -0.2) is 9.79 Å². The quantitative estimate of drug-likeness (QED) is 0.566. The summed E-state index contributed by atoms with van der Waals surface area (Å²) in [7, 11) is 0. The van der Waals surface area contributed by atoms with E-state index in [9.17, 15) is 14.7 Å². The number of phenols is 1. The largest absolute Gasteiger partial charge is 0.506 e. The molecule has 1 N–H and O–H groups in total. The number of hydrogen-bond donors (Lipinski definition) is 1. The van der Waals surface area contributed by atoms with Gasteiger partial charge < -0.3 is 9.84 Å². The number of fused-ring (bicyclic) bond motifs is 1. The summed E-state index contributed by atoms with van der Waals surface area (Å²) in [6.45, 7) is 3.65. The summed E-state index contributed by atoms with van der Waals surface area (Å²) in [5, 5.41) is 10.7.